The number of nitrogens with zero attached hydrogens (tertiary/aromatic N) is 1. The molecule has 2 unspecified atom stereocenters. The normalized spacial score (nSPS) is 14.6. The average Bonchev–Trinajstić information content (AvgIpc) is 2.70. The third-order valence-electron chi connectivity index (χ3n) is 4.48. The van der Waals surface area contributed by atoms with Gasteiger partial charge in [-0.2, -0.15) is 5.26 Å². The summed E-state index contributed by atoms with van der Waals surface area (Å²) in [5.74, 6) is 2.24. The van der Waals surface area contributed by atoms with Gasteiger partial charge in [0.15, 0.2) is 0 Å². The van der Waals surface area contributed by atoms with Crippen molar-refractivity contribution in [2.75, 3.05) is 24.6 Å². The van der Waals surface area contributed by atoms with E-state index < -0.39 is 5.41 Å². The molecule has 148 valence electrons. The molecule has 1 aromatic carbocycles. The number of hydrogen-bond acceptors (Lipinski definition) is 5. The van der Waals surface area contributed by atoms with Gasteiger partial charge >= 0.3 is 0 Å². The first-order valence-electron chi connectivity index (χ1n) is 9.68. The van der Waals surface area contributed by atoms with Crippen LogP contribution in [0.15, 0.2) is 42.5 Å². The molecule has 0 aromatic heterocycles. The van der Waals surface area contributed by atoms with Crippen molar-refractivity contribution in [3.63, 3.8) is 0 Å². The first-order chi connectivity index (χ1) is 13.1. The van der Waals surface area contributed by atoms with E-state index in [9.17, 15) is 5.26 Å². The van der Waals surface area contributed by atoms with Crippen molar-refractivity contribution >= 4 is 39.3 Å². The standard InChI is InChI=1S/C22H32N2S3/c1-4-15-26-21(25)27-16-11-7-10-14-20(19-12-8-6-9-13-19)22(3,17-23)18-24-5-2/h6-9,11-13,20,24H,4-5,10,14-16,18H2,1-3H3/b11-7+. The number of thioether (sulfide) groups is 2. The van der Waals surface area contributed by atoms with E-state index in [0.29, 0.717) is 6.54 Å². The second kappa shape index (κ2) is 14.2. The van der Waals surface area contributed by atoms with Gasteiger partial charge in [-0.3, -0.25) is 0 Å². The monoisotopic (exact) mass is 420 g/mol. The van der Waals surface area contributed by atoms with Crippen molar-refractivity contribution < 1.29 is 0 Å². The summed E-state index contributed by atoms with van der Waals surface area (Å²) in [7, 11) is 0. The summed E-state index contributed by atoms with van der Waals surface area (Å²) >= 11 is 8.87. The van der Waals surface area contributed by atoms with E-state index in [2.05, 4.69) is 68.6 Å². The molecule has 0 aliphatic carbocycles. The first-order valence-corrected chi connectivity index (χ1v) is 12.1. The Morgan fingerprint density at radius 2 is 2.00 bits per heavy atom. The maximum atomic E-state index is 9.89. The first kappa shape index (κ1) is 24.2. The molecule has 1 aromatic rings. The van der Waals surface area contributed by atoms with Crippen molar-refractivity contribution in [2.24, 2.45) is 5.41 Å². The number of nitriles is 1. The fourth-order valence-corrected chi connectivity index (χ4v) is 4.94. The van der Waals surface area contributed by atoms with Gasteiger partial charge < -0.3 is 5.32 Å². The second-order valence-corrected chi connectivity index (χ2v) is 10.1. The Balaban J connectivity index is 2.64. The molecule has 0 radical (unpaired) electrons. The van der Waals surface area contributed by atoms with Gasteiger partial charge in [0.2, 0.25) is 0 Å². The lowest BCUT2D eigenvalue weighted by atomic mass is 9.72. The van der Waals surface area contributed by atoms with Crippen LogP contribution in [0, 0.1) is 16.7 Å². The molecule has 1 N–H and O–H groups in total. The molecule has 0 amide bonds. The number of hydrogen-bond donors (Lipinski definition) is 1. The van der Waals surface area contributed by atoms with E-state index >= 15 is 0 Å². The van der Waals surface area contributed by atoms with E-state index in [1.54, 1.807) is 23.5 Å². The van der Waals surface area contributed by atoms with Gasteiger partial charge in [0.05, 0.1) is 11.5 Å². The highest BCUT2D eigenvalue weighted by atomic mass is 32.2. The molecule has 0 aliphatic heterocycles. The van der Waals surface area contributed by atoms with Crippen molar-refractivity contribution in [3.05, 3.63) is 48.0 Å². The average molecular weight is 421 g/mol. The largest absolute Gasteiger partial charge is 0.315 e. The molecule has 0 saturated carbocycles. The third-order valence-corrected chi connectivity index (χ3v) is 7.34. The number of thiocarbonyl (C=S) groups is 1. The zero-order chi connectivity index (χ0) is 20.0. The zero-order valence-electron chi connectivity index (χ0n) is 16.7. The predicted octanol–water partition coefficient (Wildman–Crippen LogP) is 6.41. The second-order valence-electron chi connectivity index (χ2n) is 6.73. The summed E-state index contributed by atoms with van der Waals surface area (Å²) in [6, 6.07) is 13.0. The lowest BCUT2D eigenvalue weighted by molar-refractivity contribution is 0.316. The Kier molecular flexibility index (Phi) is 12.8. The van der Waals surface area contributed by atoms with Crippen LogP contribution >= 0.6 is 35.7 Å². The van der Waals surface area contributed by atoms with Gasteiger partial charge in [-0.05, 0) is 44.0 Å². The smallest absolute Gasteiger partial charge is 0.104 e. The molecule has 1 rings (SSSR count). The van der Waals surface area contributed by atoms with E-state index in [4.69, 9.17) is 12.2 Å². The summed E-state index contributed by atoms with van der Waals surface area (Å²) in [5, 5.41) is 13.3. The summed E-state index contributed by atoms with van der Waals surface area (Å²) in [6.45, 7) is 7.93. The molecule has 0 saturated heterocycles. The highest BCUT2D eigenvalue weighted by molar-refractivity contribution is 8.47. The zero-order valence-corrected chi connectivity index (χ0v) is 19.2. The molecule has 0 spiro atoms. The topological polar surface area (TPSA) is 35.8 Å². The van der Waals surface area contributed by atoms with Crippen LogP contribution in [-0.4, -0.2) is 28.1 Å². The molecular weight excluding hydrogens is 388 g/mol. The maximum Gasteiger partial charge on any atom is 0.104 e. The molecule has 2 nitrogen and oxygen atoms in total. The minimum Gasteiger partial charge on any atom is -0.315 e. The molecule has 5 heteroatoms. The summed E-state index contributed by atoms with van der Waals surface area (Å²) in [5.41, 5.74) is 0.831. The highest BCUT2D eigenvalue weighted by Crippen LogP contribution is 2.38. The predicted molar refractivity (Wildman–Crippen MR) is 128 cm³/mol. The van der Waals surface area contributed by atoms with Crippen LogP contribution in [0.2, 0.25) is 0 Å². The van der Waals surface area contributed by atoms with Crippen molar-refractivity contribution in [1.29, 1.82) is 5.26 Å². The maximum absolute atomic E-state index is 9.89. The van der Waals surface area contributed by atoms with Crippen LogP contribution in [-0.2, 0) is 0 Å². The number of rotatable bonds is 12. The highest BCUT2D eigenvalue weighted by Gasteiger charge is 2.34. The minimum absolute atomic E-state index is 0.209. The number of nitrogens with one attached hydrogen (secondary N) is 1. The van der Waals surface area contributed by atoms with Crippen molar-refractivity contribution in [3.8, 4) is 6.07 Å². The van der Waals surface area contributed by atoms with Crippen molar-refractivity contribution in [2.45, 2.75) is 46.0 Å². The minimum atomic E-state index is -0.418. The third kappa shape index (κ3) is 9.30. The molecular formula is C22H32N2S3. The van der Waals surface area contributed by atoms with Gasteiger partial charge in [-0.25, -0.2) is 0 Å². The van der Waals surface area contributed by atoms with E-state index in [-0.39, 0.29) is 5.92 Å². The lowest BCUT2D eigenvalue weighted by Gasteiger charge is -2.32. The Labute approximate surface area is 179 Å². The summed E-state index contributed by atoms with van der Waals surface area (Å²) in [4.78, 5) is 0. The van der Waals surface area contributed by atoms with Crippen LogP contribution in [0.5, 0.6) is 0 Å². The summed E-state index contributed by atoms with van der Waals surface area (Å²) in [6.07, 6.45) is 7.54. The molecule has 0 fully saturated rings. The lowest BCUT2D eigenvalue weighted by Crippen LogP contribution is -2.36. The number of allylic oxidation sites excluding steroid dienone is 1. The van der Waals surface area contributed by atoms with Crippen LogP contribution < -0.4 is 5.32 Å². The van der Waals surface area contributed by atoms with E-state index in [1.165, 1.54) is 5.56 Å². The van der Waals surface area contributed by atoms with Crippen LogP contribution in [0.25, 0.3) is 0 Å². The van der Waals surface area contributed by atoms with Gasteiger partial charge in [-0.15, -0.1) is 23.5 Å². The van der Waals surface area contributed by atoms with Crippen LogP contribution in [0.3, 0.4) is 0 Å². The van der Waals surface area contributed by atoms with Gasteiger partial charge in [0.25, 0.3) is 0 Å². The molecule has 0 bridgehead atoms. The Hall–Kier alpha value is -0.800. The molecule has 2 atom stereocenters. The Morgan fingerprint density at radius 3 is 2.63 bits per heavy atom. The Morgan fingerprint density at radius 1 is 1.26 bits per heavy atom. The van der Waals surface area contributed by atoms with Gasteiger partial charge in [0.1, 0.15) is 3.53 Å². The molecule has 27 heavy (non-hydrogen) atoms. The number of benzene rings is 1. The molecule has 0 heterocycles. The van der Waals surface area contributed by atoms with E-state index in [0.717, 1.165) is 40.8 Å². The van der Waals surface area contributed by atoms with Gasteiger partial charge in [-0.1, -0.05) is 68.5 Å². The van der Waals surface area contributed by atoms with Crippen LogP contribution in [0.1, 0.15) is 51.5 Å². The van der Waals surface area contributed by atoms with Crippen molar-refractivity contribution in [1.82, 2.24) is 5.32 Å². The Bertz CT molecular complexity index is 610. The molecule has 0 aliphatic rings. The van der Waals surface area contributed by atoms with E-state index in [1.807, 2.05) is 6.07 Å². The summed E-state index contributed by atoms with van der Waals surface area (Å²) < 4.78 is 1.03. The van der Waals surface area contributed by atoms with Crippen LogP contribution in [0.4, 0.5) is 0 Å². The van der Waals surface area contributed by atoms with Gasteiger partial charge in [0, 0.05) is 18.2 Å². The fraction of sp³-hybridized carbons (Fsp3) is 0.545. The SMILES string of the molecule is CCCSC(=S)SC/C=C/CCC(c1ccccc1)C(C)(C#N)CNCC. The fourth-order valence-electron chi connectivity index (χ4n) is 2.96. The quantitative estimate of drug-likeness (QED) is 0.312.